The minimum atomic E-state index is -1.16. The van der Waals surface area contributed by atoms with E-state index in [-0.39, 0.29) is 11.1 Å². The molecule has 0 radical (unpaired) electrons. The number of rotatable bonds is 3. The zero-order chi connectivity index (χ0) is 14.2. The van der Waals surface area contributed by atoms with Gasteiger partial charge in [0.25, 0.3) is 0 Å². The molecular formula is C12H13N3O4. The van der Waals surface area contributed by atoms with Crippen LogP contribution in [0.1, 0.15) is 19.9 Å². The van der Waals surface area contributed by atoms with E-state index in [0.717, 1.165) is 0 Å². The fraction of sp³-hybridized carbons (Fsp3) is 0.250. The second-order valence-corrected chi connectivity index (χ2v) is 4.23. The third-order valence-electron chi connectivity index (χ3n) is 3.01. The van der Waals surface area contributed by atoms with Crippen molar-refractivity contribution in [3.05, 3.63) is 41.3 Å². The predicted molar refractivity (Wildman–Crippen MR) is 65.1 cm³/mol. The standard InChI is InChI=1S/C12H13N3O4/c1-6-8(11(16)17)10(15-4-3-13-5-15)9(12(18)19)7(2)14-6/h3-5,10,14H,1-2H3,(H,16,17)(H,18,19). The van der Waals surface area contributed by atoms with E-state index in [1.165, 1.54) is 17.1 Å². The van der Waals surface area contributed by atoms with Gasteiger partial charge in [-0.15, -0.1) is 0 Å². The monoisotopic (exact) mass is 263 g/mol. The number of nitrogens with zero attached hydrogens (tertiary/aromatic N) is 2. The first-order valence-corrected chi connectivity index (χ1v) is 5.56. The lowest BCUT2D eigenvalue weighted by atomic mass is 9.92. The number of carboxylic acids is 2. The van der Waals surface area contributed by atoms with E-state index in [4.69, 9.17) is 0 Å². The van der Waals surface area contributed by atoms with Crippen LogP contribution in [0.3, 0.4) is 0 Å². The summed E-state index contributed by atoms with van der Waals surface area (Å²) in [5.74, 6) is -2.31. The van der Waals surface area contributed by atoms with Crippen molar-refractivity contribution in [3.63, 3.8) is 0 Å². The molecule has 0 aliphatic carbocycles. The highest BCUT2D eigenvalue weighted by atomic mass is 16.4. The molecule has 7 heteroatoms. The summed E-state index contributed by atoms with van der Waals surface area (Å²) < 4.78 is 1.47. The Kier molecular flexibility index (Phi) is 3.12. The lowest BCUT2D eigenvalue weighted by Gasteiger charge is -2.29. The van der Waals surface area contributed by atoms with Crippen molar-refractivity contribution in [2.24, 2.45) is 0 Å². The molecule has 0 saturated heterocycles. The topological polar surface area (TPSA) is 104 Å². The lowest BCUT2D eigenvalue weighted by molar-refractivity contribution is -0.133. The van der Waals surface area contributed by atoms with E-state index in [1.54, 1.807) is 20.0 Å². The van der Waals surface area contributed by atoms with Crippen LogP contribution in [0.15, 0.2) is 41.3 Å². The van der Waals surface area contributed by atoms with Crippen LogP contribution >= 0.6 is 0 Å². The van der Waals surface area contributed by atoms with Gasteiger partial charge in [0.15, 0.2) is 0 Å². The molecule has 19 heavy (non-hydrogen) atoms. The zero-order valence-corrected chi connectivity index (χ0v) is 10.4. The van der Waals surface area contributed by atoms with Crippen LogP contribution in [0.25, 0.3) is 0 Å². The Balaban J connectivity index is 2.65. The number of dihydropyridines is 1. The Morgan fingerprint density at radius 1 is 1.21 bits per heavy atom. The molecule has 0 fully saturated rings. The minimum Gasteiger partial charge on any atom is -0.478 e. The van der Waals surface area contributed by atoms with Crippen molar-refractivity contribution in [2.75, 3.05) is 0 Å². The molecule has 2 heterocycles. The van der Waals surface area contributed by atoms with Gasteiger partial charge in [-0.3, -0.25) is 0 Å². The number of hydrogen-bond donors (Lipinski definition) is 3. The Hall–Kier alpha value is -2.57. The number of imidazole rings is 1. The molecule has 1 aromatic heterocycles. The first-order valence-electron chi connectivity index (χ1n) is 5.56. The van der Waals surface area contributed by atoms with Crippen molar-refractivity contribution >= 4 is 11.9 Å². The largest absolute Gasteiger partial charge is 0.478 e. The summed E-state index contributed by atoms with van der Waals surface area (Å²) in [6.45, 7) is 3.21. The third-order valence-corrected chi connectivity index (χ3v) is 3.01. The average Bonchev–Trinajstić information content (AvgIpc) is 2.79. The molecule has 2 rings (SSSR count). The van der Waals surface area contributed by atoms with E-state index < -0.39 is 18.0 Å². The fourth-order valence-electron chi connectivity index (χ4n) is 2.25. The van der Waals surface area contributed by atoms with E-state index in [1.807, 2.05) is 0 Å². The van der Waals surface area contributed by atoms with Gasteiger partial charge < -0.3 is 20.1 Å². The summed E-state index contributed by atoms with van der Waals surface area (Å²) in [5.41, 5.74) is 0.851. The van der Waals surface area contributed by atoms with Crippen molar-refractivity contribution in [1.82, 2.24) is 14.9 Å². The maximum atomic E-state index is 11.4. The quantitative estimate of drug-likeness (QED) is 0.743. The molecule has 0 atom stereocenters. The molecule has 7 nitrogen and oxygen atoms in total. The van der Waals surface area contributed by atoms with Gasteiger partial charge in [-0.1, -0.05) is 0 Å². The lowest BCUT2D eigenvalue weighted by Crippen LogP contribution is -2.33. The number of carboxylic acid groups (broad SMARTS) is 2. The number of hydrogen-bond acceptors (Lipinski definition) is 4. The number of allylic oxidation sites excluding steroid dienone is 2. The highest BCUT2D eigenvalue weighted by Crippen LogP contribution is 2.33. The number of aliphatic carboxylic acids is 2. The van der Waals surface area contributed by atoms with Crippen LogP contribution in [0.5, 0.6) is 0 Å². The molecule has 1 aliphatic heterocycles. The summed E-state index contributed by atoms with van der Waals surface area (Å²) in [5, 5.41) is 21.4. The van der Waals surface area contributed by atoms with Crippen LogP contribution in [-0.4, -0.2) is 31.7 Å². The van der Waals surface area contributed by atoms with Crippen molar-refractivity contribution in [2.45, 2.75) is 19.9 Å². The highest BCUT2D eigenvalue weighted by molar-refractivity contribution is 5.97. The summed E-state index contributed by atoms with van der Waals surface area (Å²) in [4.78, 5) is 26.6. The van der Waals surface area contributed by atoms with Crippen molar-refractivity contribution in [1.29, 1.82) is 0 Å². The van der Waals surface area contributed by atoms with Gasteiger partial charge >= 0.3 is 11.9 Å². The maximum absolute atomic E-state index is 11.4. The molecule has 0 bridgehead atoms. The predicted octanol–water partition coefficient (Wildman–Crippen LogP) is 0.745. The molecule has 0 unspecified atom stereocenters. The van der Waals surface area contributed by atoms with E-state index in [9.17, 15) is 19.8 Å². The molecule has 1 aromatic rings. The molecule has 0 saturated carbocycles. The van der Waals surface area contributed by atoms with Gasteiger partial charge in [0, 0.05) is 23.8 Å². The van der Waals surface area contributed by atoms with Gasteiger partial charge in [0.1, 0.15) is 6.04 Å². The normalized spacial score (nSPS) is 16.5. The minimum absolute atomic E-state index is 0.000926. The van der Waals surface area contributed by atoms with Crippen molar-refractivity contribution < 1.29 is 19.8 Å². The Morgan fingerprint density at radius 2 is 1.74 bits per heavy atom. The highest BCUT2D eigenvalue weighted by Gasteiger charge is 2.36. The summed E-state index contributed by atoms with van der Waals surface area (Å²) >= 11 is 0. The molecule has 0 aromatic carbocycles. The van der Waals surface area contributed by atoms with Crippen LogP contribution < -0.4 is 5.32 Å². The average molecular weight is 263 g/mol. The number of nitrogens with one attached hydrogen (secondary N) is 1. The first-order chi connectivity index (χ1) is 8.93. The van der Waals surface area contributed by atoms with Gasteiger partial charge in [-0.25, -0.2) is 14.6 Å². The van der Waals surface area contributed by atoms with E-state index in [0.29, 0.717) is 11.4 Å². The van der Waals surface area contributed by atoms with Crippen LogP contribution in [0.4, 0.5) is 0 Å². The molecule has 3 N–H and O–H groups in total. The SMILES string of the molecule is CC1=C(C(=O)O)C(n2ccnc2)C(C(=O)O)=C(C)N1. The van der Waals surface area contributed by atoms with E-state index in [2.05, 4.69) is 10.3 Å². The zero-order valence-electron chi connectivity index (χ0n) is 10.4. The first kappa shape index (κ1) is 12.9. The Bertz CT molecular complexity index is 563. The third kappa shape index (κ3) is 2.10. The van der Waals surface area contributed by atoms with Crippen LogP contribution in [0.2, 0.25) is 0 Å². The molecule has 100 valence electrons. The summed E-state index contributed by atoms with van der Waals surface area (Å²) in [7, 11) is 0. The number of carbonyl (C=O) groups is 2. The van der Waals surface area contributed by atoms with Crippen LogP contribution in [-0.2, 0) is 9.59 Å². The smallest absolute Gasteiger partial charge is 0.335 e. The molecule has 1 aliphatic rings. The number of aromatic nitrogens is 2. The second kappa shape index (κ2) is 4.60. The molecule has 0 spiro atoms. The Labute approximate surface area is 108 Å². The molecule has 0 amide bonds. The Morgan fingerprint density at radius 3 is 2.11 bits per heavy atom. The van der Waals surface area contributed by atoms with Gasteiger partial charge in [-0.05, 0) is 13.8 Å². The van der Waals surface area contributed by atoms with Gasteiger partial charge in [0.2, 0.25) is 0 Å². The molecular weight excluding hydrogens is 250 g/mol. The van der Waals surface area contributed by atoms with Crippen molar-refractivity contribution in [3.8, 4) is 0 Å². The van der Waals surface area contributed by atoms with E-state index >= 15 is 0 Å². The maximum Gasteiger partial charge on any atom is 0.335 e. The van der Waals surface area contributed by atoms with Crippen LogP contribution in [0, 0.1) is 0 Å². The second-order valence-electron chi connectivity index (χ2n) is 4.23. The summed E-state index contributed by atoms with van der Waals surface area (Å²) in [6, 6.07) is -0.890. The van der Waals surface area contributed by atoms with Gasteiger partial charge in [0.05, 0.1) is 17.5 Å². The fourth-order valence-corrected chi connectivity index (χ4v) is 2.25. The van der Waals surface area contributed by atoms with Gasteiger partial charge in [-0.2, -0.15) is 0 Å². The summed E-state index contributed by atoms with van der Waals surface area (Å²) in [6.07, 6.45) is 4.43.